The molecular weight excluding hydrogens is 216 g/mol. The van der Waals surface area contributed by atoms with Gasteiger partial charge >= 0.3 is 0 Å². The Labute approximate surface area is 99.4 Å². The van der Waals surface area contributed by atoms with Crippen molar-refractivity contribution in [3.05, 3.63) is 57.3 Å². The number of benzene rings is 1. The quantitative estimate of drug-likeness (QED) is 0.839. The van der Waals surface area contributed by atoms with E-state index in [2.05, 4.69) is 18.2 Å². The summed E-state index contributed by atoms with van der Waals surface area (Å²) in [5, 5.41) is 12.2. The van der Waals surface area contributed by atoms with Gasteiger partial charge in [-0.05, 0) is 47.4 Å². The molecule has 0 radical (unpaired) electrons. The monoisotopic (exact) mass is 230 g/mol. The van der Waals surface area contributed by atoms with E-state index in [4.69, 9.17) is 0 Å². The van der Waals surface area contributed by atoms with Crippen LogP contribution in [0.4, 0.5) is 0 Å². The van der Waals surface area contributed by atoms with E-state index >= 15 is 0 Å². The third-order valence-corrected chi connectivity index (χ3v) is 4.18. The Balaban J connectivity index is 1.95. The Hall–Kier alpha value is -1.12. The van der Waals surface area contributed by atoms with Crippen LogP contribution in [0.25, 0.3) is 0 Å². The number of rotatable bonds is 2. The highest BCUT2D eigenvalue weighted by molar-refractivity contribution is 7.10. The average molecular weight is 230 g/mol. The maximum Gasteiger partial charge on any atom is 0.113 e. The van der Waals surface area contributed by atoms with E-state index in [9.17, 15) is 5.11 Å². The van der Waals surface area contributed by atoms with Crippen molar-refractivity contribution in [3.8, 4) is 0 Å². The zero-order chi connectivity index (χ0) is 11.0. The lowest BCUT2D eigenvalue weighted by Crippen LogP contribution is -1.98. The first-order chi connectivity index (χ1) is 7.84. The molecule has 1 aliphatic rings. The number of aliphatic hydroxyl groups excluding tert-OH is 1. The van der Waals surface area contributed by atoms with E-state index in [1.165, 1.54) is 30.4 Å². The van der Waals surface area contributed by atoms with Crippen molar-refractivity contribution >= 4 is 11.3 Å². The molecule has 1 nitrogen and oxygen atoms in total. The zero-order valence-electron chi connectivity index (χ0n) is 9.02. The van der Waals surface area contributed by atoms with Crippen molar-refractivity contribution in [2.24, 2.45) is 0 Å². The highest BCUT2D eigenvalue weighted by atomic mass is 32.1. The lowest BCUT2D eigenvalue weighted by Gasteiger charge is -2.10. The second-order valence-electron chi connectivity index (χ2n) is 4.30. The van der Waals surface area contributed by atoms with Gasteiger partial charge in [0, 0.05) is 4.88 Å². The van der Waals surface area contributed by atoms with Crippen LogP contribution < -0.4 is 0 Å². The molecule has 0 saturated carbocycles. The Morgan fingerprint density at radius 2 is 2.00 bits per heavy atom. The standard InChI is InChI=1S/C14H14OS/c15-14(13-5-2-8-16-13)12-7-6-10-3-1-4-11(10)9-12/h2,5-9,14-15H,1,3-4H2. The van der Waals surface area contributed by atoms with Crippen molar-refractivity contribution in [3.63, 3.8) is 0 Å². The zero-order valence-corrected chi connectivity index (χ0v) is 9.83. The molecule has 1 aromatic heterocycles. The maximum atomic E-state index is 10.2. The van der Waals surface area contributed by atoms with Crippen LogP contribution in [0.2, 0.25) is 0 Å². The molecule has 0 bridgehead atoms. The molecule has 0 saturated heterocycles. The van der Waals surface area contributed by atoms with E-state index in [0.717, 1.165) is 10.4 Å². The SMILES string of the molecule is OC(c1ccc2c(c1)CCC2)c1cccs1. The van der Waals surface area contributed by atoms with Gasteiger partial charge in [-0.3, -0.25) is 0 Å². The van der Waals surface area contributed by atoms with Crippen LogP contribution in [0.15, 0.2) is 35.7 Å². The molecule has 0 amide bonds. The lowest BCUT2D eigenvalue weighted by atomic mass is 10.0. The Morgan fingerprint density at radius 3 is 2.81 bits per heavy atom. The molecule has 16 heavy (non-hydrogen) atoms. The van der Waals surface area contributed by atoms with E-state index < -0.39 is 6.10 Å². The van der Waals surface area contributed by atoms with Crippen molar-refractivity contribution in [2.75, 3.05) is 0 Å². The van der Waals surface area contributed by atoms with Crippen molar-refractivity contribution in [1.82, 2.24) is 0 Å². The highest BCUT2D eigenvalue weighted by Gasteiger charge is 2.15. The van der Waals surface area contributed by atoms with Gasteiger partial charge in [0.1, 0.15) is 6.10 Å². The van der Waals surface area contributed by atoms with Crippen LogP contribution in [0, 0.1) is 0 Å². The summed E-state index contributed by atoms with van der Waals surface area (Å²) in [5.41, 5.74) is 3.92. The van der Waals surface area contributed by atoms with Gasteiger partial charge in [0.25, 0.3) is 0 Å². The topological polar surface area (TPSA) is 20.2 Å². The number of aryl methyl sites for hydroxylation is 2. The summed E-state index contributed by atoms with van der Waals surface area (Å²) >= 11 is 1.61. The molecule has 1 N–H and O–H groups in total. The molecule has 2 heteroatoms. The summed E-state index contributed by atoms with van der Waals surface area (Å²) in [6, 6.07) is 10.4. The van der Waals surface area contributed by atoms with Crippen LogP contribution >= 0.6 is 11.3 Å². The maximum absolute atomic E-state index is 10.2. The number of aliphatic hydroxyl groups is 1. The lowest BCUT2D eigenvalue weighted by molar-refractivity contribution is 0.224. The number of hydrogen-bond acceptors (Lipinski definition) is 2. The first-order valence-electron chi connectivity index (χ1n) is 5.68. The molecule has 0 aliphatic heterocycles. The van der Waals surface area contributed by atoms with Gasteiger partial charge < -0.3 is 5.11 Å². The number of thiophene rings is 1. The molecule has 1 aromatic carbocycles. The minimum absolute atomic E-state index is 0.453. The summed E-state index contributed by atoms with van der Waals surface area (Å²) in [5.74, 6) is 0. The third kappa shape index (κ3) is 1.68. The van der Waals surface area contributed by atoms with Crippen LogP contribution in [-0.4, -0.2) is 5.11 Å². The van der Waals surface area contributed by atoms with E-state index in [1.54, 1.807) is 11.3 Å². The predicted molar refractivity (Wildman–Crippen MR) is 66.8 cm³/mol. The predicted octanol–water partition coefficient (Wildman–Crippen LogP) is 3.32. The van der Waals surface area contributed by atoms with E-state index in [-0.39, 0.29) is 0 Å². The van der Waals surface area contributed by atoms with Gasteiger partial charge in [-0.15, -0.1) is 11.3 Å². The Kier molecular flexibility index (Phi) is 2.54. The summed E-state index contributed by atoms with van der Waals surface area (Å²) in [4.78, 5) is 1.03. The molecule has 2 aromatic rings. The number of hydrogen-bond donors (Lipinski definition) is 1. The van der Waals surface area contributed by atoms with E-state index in [0.29, 0.717) is 0 Å². The van der Waals surface area contributed by atoms with Gasteiger partial charge in [-0.2, -0.15) is 0 Å². The van der Waals surface area contributed by atoms with Gasteiger partial charge in [0.05, 0.1) is 0 Å². The largest absolute Gasteiger partial charge is 0.383 e. The molecule has 1 atom stereocenters. The number of fused-ring (bicyclic) bond motifs is 1. The van der Waals surface area contributed by atoms with Crippen LogP contribution in [0.3, 0.4) is 0 Å². The van der Waals surface area contributed by atoms with Gasteiger partial charge in [0.15, 0.2) is 0 Å². The van der Waals surface area contributed by atoms with Crippen molar-refractivity contribution in [2.45, 2.75) is 25.4 Å². The molecule has 1 unspecified atom stereocenters. The summed E-state index contributed by atoms with van der Waals surface area (Å²) in [6.45, 7) is 0. The van der Waals surface area contributed by atoms with Crippen LogP contribution in [0.5, 0.6) is 0 Å². The summed E-state index contributed by atoms with van der Waals surface area (Å²) in [6.07, 6.45) is 3.17. The van der Waals surface area contributed by atoms with Gasteiger partial charge in [-0.1, -0.05) is 24.3 Å². The van der Waals surface area contributed by atoms with E-state index in [1.807, 2.05) is 17.5 Å². The highest BCUT2D eigenvalue weighted by Crippen LogP contribution is 2.30. The van der Waals surface area contributed by atoms with Crippen molar-refractivity contribution in [1.29, 1.82) is 0 Å². The fourth-order valence-corrected chi connectivity index (χ4v) is 3.11. The molecule has 82 valence electrons. The third-order valence-electron chi connectivity index (χ3n) is 3.25. The van der Waals surface area contributed by atoms with Gasteiger partial charge in [0.2, 0.25) is 0 Å². The fourth-order valence-electron chi connectivity index (χ4n) is 2.37. The summed E-state index contributed by atoms with van der Waals surface area (Å²) in [7, 11) is 0. The molecule has 3 rings (SSSR count). The van der Waals surface area contributed by atoms with Crippen molar-refractivity contribution < 1.29 is 5.11 Å². The fraction of sp³-hybridized carbons (Fsp3) is 0.286. The first kappa shape index (κ1) is 10.1. The molecule has 1 aliphatic carbocycles. The minimum Gasteiger partial charge on any atom is -0.383 e. The smallest absolute Gasteiger partial charge is 0.113 e. The molecule has 1 heterocycles. The van der Waals surface area contributed by atoms with Gasteiger partial charge in [-0.25, -0.2) is 0 Å². The normalized spacial score (nSPS) is 16.1. The molecule has 0 fully saturated rings. The first-order valence-corrected chi connectivity index (χ1v) is 6.56. The Morgan fingerprint density at radius 1 is 1.12 bits per heavy atom. The molecule has 0 spiro atoms. The minimum atomic E-state index is -0.453. The molecular formula is C14H14OS. The average Bonchev–Trinajstić information content (AvgIpc) is 2.98. The Bertz CT molecular complexity index is 487. The summed E-state index contributed by atoms with van der Waals surface area (Å²) < 4.78 is 0. The second kappa shape index (κ2) is 4.04. The van der Waals surface area contributed by atoms with Crippen LogP contribution in [0.1, 0.15) is 34.1 Å². The second-order valence-corrected chi connectivity index (χ2v) is 5.28. The van der Waals surface area contributed by atoms with Crippen LogP contribution in [-0.2, 0) is 12.8 Å².